The summed E-state index contributed by atoms with van der Waals surface area (Å²) in [5.41, 5.74) is 1.05. The molecule has 16 heavy (non-hydrogen) atoms. The van der Waals surface area contributed by atoms with Crippen molar-refractivity contribution < 1.29 is 4.74 Å². The van der Waals surface area contributed by atoms with E-state index in [0.29, 0.717) is 19.3 Å². The fourth-order valence-electron chi connectivity index (χ4n) is 1.26. The Hall–Kier alpha value is -0.350. The molecule has 0 saturated carbocycles. The van der Waals surface area contributed by atoms with E-state index in [1.165, 1.54) is 4.88 Å². The Morgan fingerprint density at radius 1 is 1.62 bits per heavy atom. The maximum absolute atomic E-state index is 5.88. The van der Waals surface area contributed by atoms with E-state index in [0.717, 1.165) is 16.5 Å². The molecule has 0 aliphatic heterocycles. The minimum Gasteiger partial charge on any atom is -0.376 e. The summed E-state index contributed by atoms with van der Waals surface area (Å²) in [6.45, 7) is 10.0. The SMILES string of the molecule is C=C(C)COCCNC(C)c1ccc(Cl)s1. The Bertz CT molecular complexity index is 338. The van der Waals surface area contributed by atoms with E-state index in [9.17, 15) is 0 Å². The second-order valence-electron chi connectivity index (χ2n) is 3.83. The van der Waals surface area contributed by atoms with Crippen molar-refractivity contribution >= 4 is 22.9 Å². The third-order valence-corrected chi connectivity index (χ3v) is 3.48. The van der Waals surface area contributed by atoms with E-state index in [4.69, 9.17) is 16.3 Å². The number of rotatable bonds is 7. The van der Waals surface area contributed by atoms with Crippen LogP contribution in [-0.2, 0) is 4.74 Å². The lowest BCUT2D eigenvalue weighted by Gasteiger charge is -2.12. The van der Waals surface area contributed by atoms with Crippen LogP contribution in [0.25, 0.3) is 0 Å². The number of nitrogens with one attached hydrogen (secondary N) is 1. The first kappa shape index (κ1) is 13.7. The van der Waals surface area contributed by atoms with Crippen molar-refractivity contribution in [1.29, 1.82) is 0 Å². The number of halogens is 1. The fourth-order valence-corrected chi connectivity index (χ4v) is 2.34. The molecule has 1 rings (SSSR count). The van der Waals surface area contributed by atoms with Crippen molar-refractivity contribution in [3.8, 4) is 0 Å². The lowest BCUT2D eigenvalue weighted by Crippen LogP contribution is -2.22. The molecule has 0 aliphatic rings. The molecule has 0 aromatic carbocycles. The lowest BCUT2D eigenvalue weighted by molar-refractivity contribution is 0.156. The van der Waals surface area contributed by atoms with Crippen LogP contribution in [0.4, 0.5) is 0 Å². The van der Waals surface area contributed by atoms with Crippen molar-refractivity contribution in [2.45, 2.75) is 19.9 Å². The van der Waals surface area contributed by atoms with Gasteiger partial charge in [0.25, 0.3) is 0 Å². The third-order valence-electron chi connectivity index (χ3n) is 2.07. The summed E-state index contributed by atoms with van der Waals surface area (Å²) >= 11 is 7.49. The molecule has 0 bridgehead atoms. The van der Waals surface area contributed by atoms with Gasteiger partial charge < -0.3 is 10.1 Å². The minimum absolute atomic E-state index is 0.325. The second-order valence-corrected chi connectivity index (χ2v) is 5.57. The first-order valence-corrected chi connectivity index (χ1v) is 6.50. The predicted molar refractivity (Wildman–Crippen MR) is 71.4 cm³/mol. The zero-order valence-corrected chi connectivity index (χ0v) is 11.3. The summed E-state index contributed by atoms with van der Waals surface area (Å²) < 4.78 is 6.24. The quantitative estimate of drug-likeness (QED) is 0.596. The number of ether oxygens (including phenoxy) is 1. The first-order chi connectivity index (χ1) is 7.59. The highest BCUT2D eigenvalue weighted by atomic mass is 35.5. The van der Waals surface area contributed by atoms with Gasteiger partial charge in [0.05, 0.1) is 17.6 Å². The van der Waals surface area contributed by atoms with E-state index in [1.807, 2.05) is 13.0 Å². The minimum atomic E-state index is 0.325. The average Bonchev–Trinajstić information content (AvgIpc) is 2.63. The molecule has 1 N–H and O–H groups in total. The van der Waals surface area contributed by atoms with Crippen molar-refractivity contribution in [3.05, 3.63) is 33.5 Å². The van der Waals surface area contributed by atoms with Gasteiger partial charge in [0.15, 0.2) is 0 Å². The van der Waals surface area contributed by atoms with E-state index < -0.39 is 0 Å². The van der Waals surface area contributed by atoms with Gasteiger partial charge in [0.1, 0.15) is 0 Å². The molecule has 1 heterocycles. The van der Waals surface area contributed by atoms with Crippen LogP contribution in [0.15, 0.2) is 24.3 Å². The molecule has 4 heteroatoms. The first-order valence-electron chi connectivity index (χ1n) is 5.30. The van der Waals surface area contributed by atoms with Crippen LogP contribution in [0.5, 0.6) is 0 Å². The van der Waals surface area contributed by atoms with E-state index >= 15 is 0 Å². The third kappa shape index (κ3) is 5.12. The molecule has 1 aromatic heterocycles. The summed E-state index contributed by atoms with van der Waals surface area (Å²) in [5, 5.41) is 3.38. The van der Waals surface area contributed by atoms with Gasteiger partial charge in [-0.15, -0.1) is 11.3 Å². The molecule has 1 aromatic rings. The fraction of sp³-hybridized carbons (Fsp3) is 0.500. The maximum Gasteiger partial charge on any atom is 0.0931 e. The van der Waals surface area contributed by atoms with Gasteiger partial charge >= 0.3 is 0 Å². The van der Waals surface area contributed by atoms with Crippen LogP contribution in [-0.4, -0.2) is 19.8 Å². The summed E-state index contributed by atoms with van der Waals surface area (Å²) in [7, 11) is 0. The van der Waals surface area contributed by atoms with Crippen LogP contribution in [0, 0.1) is 0 Å². The van der Waals surface area contributed by atoms with Gasteiger partial charge in [-0.3, -0.25) is 0 Å². The molecule has 0 aliphatic carbocycles. The second kappa shape index (κ2) is 7.07. The van der Waals surface area contributed by atoms with Crippen LogP contribution >= 0.6 is 22.9 Å². The maximum atomic E-state index is 5.88. The largest absolute Gasteiger partial charge is 0.376 e. The molecule has 1 atom stereocenters. The summed E-state index contributed by atoms with van der Waals surface area (Å²) in [4.78, 5) is 1.25. The number of thiophene rings is 1. The molecule has 0 radical (unpaired) electrons. The molecule has 90 valence electrons. The van der Waals surface area contributed by atoms with Gasteiger partial charge in [-0.05, 0) is 26.0 Å². The molecular formula is C12H18ClNOS. The van der Waals surface area contributed by atoms with Crippen LogP contribution < -0.4 is 5.32 Å². The zero-order valence-electron chi connectivity index (χ0n) is 9.75. The molecule has 1 unspecified atom stereocenters. The monoisotopic (exact) mass is 259 g/mol. The molecule has 0 spiro atoms. The highest BCUT2D eigenvalue weighted by Gasteiger charge is 2.06. The number of hydrogen-bond acceptors (Lipinski definition) is 3. The number of hydrogen-bond donors (Lipinski definition) is 1. The molecule has 0 saturated heterocycles. The lowest BCUT2D eigenvalue weighted by atomic mass is 10.3. The Morgan fingerprint density at radius 2 is 2.38 bits per heavy atom. The Kier molecular flexibility index (Phi) is 6.06. The summed E-state index contributed by atoms with van der Waals surface area (Å²) in [6, 6.07) is 4.31. The van der Waals surface area contributed by atoms with E-state index in [2.05, 4.69) is 24.9 Å². The molecule has 0 amide bonds. The van der Waals surface area contributed by atoms with Gasteiger partial charge in [-0.1, -0.05) is 23.8 Å². The average molecular weight is 260 g/mol. The Labute approximate surface area is 106 Å². The molecule has 0 fully saturated rings. The summed E-state index contributed by atoms with van der Waals surface area (Å²) in [6.07, 6.45) is 0. The van der Waals surface area contributed by atoms with Crippen molar-refractivity contribution in [3.63, 3.8) is 0 Å². The van der Waals surface area contributed by atoms with E-state index in [-0.39, 0.29) is 0 Å². The highest BCUT2D eigenvalue weighted by Crippen LogP contribution is 2.26. The topological polar surface area (TPSA) is 21.3 Å². The summed E-state index contributed by atoms with van der Waals surface area (Å²) in [5.74, 6) is 0. The molecular weight excluding hydrogens is 242 g/mol. The normalized spacial score (nSPS) is 12.7. The van der Waals surface area contributed by atoms with Gasteiger partial charge in [-0.2, -0.15) is 0 Å². The van der Waals surface area contributed by atoms with Crippen LogP contribution in [0.2, 0.25) is 4.34 Å². The van der Waals surface area contributed by atoms with Gasteiger partial charge in [0, 0.05) is 17.5 Å². The smallest absolute Gasteiger partial charge is 0.0931 e. The predicted octanol–water partition coefficient (Wildman–Crippen LogP) is 3.64. The standard InChI is InChI=1S/C12H18ClNOS/c1-9(2)8-15-7-6-14-10(3)11-4-5-12(13)16-11/h4-5,10,14H,1,6-8H2,2-3H3. The van der Waals surface area contributed by atoms with Crippen LogP contribution in [0.1, 0.15) is 24.8 Å². The van der Waals surface area contributed by atoms with E-state index in [1.54, 1.807) is 11.3 Å². The van der Waals surface area contributed by atoms with Crippen molar-refractivity contribution in [1.82, 2.24) is 5.32 Å². The van der Waals surface area contributed by atoms with Gasteiger partial charge in [0.2, 0.25) is 0 Å². The Morgan fingerprint density at radius 3 is 2.94 bits per heavy atom. The highest BCUT2D eigenvalue weighted by molar-refractivity contribution is 7.16. The Balaban J connectivity index is 2.15. The van der Waals surface area contributed by atoms with Crippen molar-refractivity contribution in [2.75, 3.05) is 19.8 Å². The van der Waals surface area contributed by atoms with Gasteiger partial charge in [-0.25, -0.2) is 0 Å². The van der Waals surface area contributed by atoms with Crippen LogP contribution in [0.3, 0.4) is 0 Å². The zero-order chi connectivity index (χ0) is 12.0. The molecule has 2 nitrogen and oxygen atoms in total. The van der Waals surface area contributed by atoms with Crippen molar-refractivity contribution in [2.24, 2.45) is 0 Å².